The van der Waals surface area contributed by atoms with E-state index in [-0.39, 0.29) is 11.6 Å². The van der Waals surface area contributed by atoms with E-state index in [4.69, 9.17) is 15.2 Å². The van der Waals surface area contributed by atoms with Crippen LogP contribution in [-0.2, 0) is 9.47 Å². The van der Waals surface area contributed by atoms with Crippen molar-refractivity contribution in [3.05, 3.63) is 0 Å². The lowest BCUT2D eigenvalue weighted by Gasteiger charge is -2.22. The Morgan fingerprint density at radius 3 is 2.42 bits per heavy atom. The first-order valence-corrected chi connectivity index (χ1v) is 4.36. The number of ether oxygens (including phenoxy) is 2. The van der Waals surface area contributed by atoms with Crippen molar-refractivity contribution in [2.24, 2.45) is 5.73 Å². The number of methoxy groups -OCH3 is 1. The lowest BCUT2D eigenvalue weighted by atomic mass is 10.1. The lowest BCUT2D eigenvalue weighted by Crippen LogP contribution is -2.27. The van der Waals surface area contributed by atoms with Crippen molar-refractivity contribution >= 4 is 0 Å². The van der Waals surface area contributed by atoms with E-state index in [1.165, 1.54) is 0 Å². The van der Waals surface area contributed by atoms with Gasteiger partial charge in [-0.05, 0) is 27.2 Å². The largest absolute Gasteiger partial charge is 0.380 e. The summed E-state index contributed by atoms with van der Waals surface area (Å²) < 4.78 is 10.6. The van der Waals surface area contributed by atoms with Gasteiger partial charge in [0.2, 0.25) is 0 Å². The van der Waals surface area contributed by atoms with Crippen LogP contribution in [0.1, 0.15) is 27.2 Å². The molecule has 74 valence electrons. The molecule has 0 fully saturated rings. The zero-order chi connectivity index (χ0) is 9.61. The fraction of sp³-hybridized carbons (Fsp3) is 1.00. The molecule has 3 heteroatoms. The van der Waals surface area contributed by atoms with Gasteiger partial charge in [-0.3, -0.25) is 0 Å². The minimum absolute atomic E-state index is 0.0855. The maximum absolute atomic E-state index is 5.52. The summed E-state index contributed by atoms with van der Waals surface area (Å²) in [6.45, 7) is 7.36. The van der Waals surface area contributed by atoms with E-state index < -0.39 is 0 Å². The summed E-state index contributed by atoms with van der Waals surface area (Å²) in [5.74, 6) is 0. The van der Waals surface area contributed by atoms with Gasteiger partial charge in [-0.2, -0.15) is 0 Å². The van der Waals surface area contributed by atoms with Crippen LogP contribution in [0.3, 0.4) is 0 Å². The van der Waals surface area contributed by atoms with Gasteiger partial charge < -0.3 is 15.2 Å². The fourth-order valence-corrected chi connectivity index (χ4v) is 0.689. The first-order chi connectivity index (χ1) is 5.48. The molecule has 0 bridgehead atoms. The second kappa shape index (κ2) is 5.51. The van der Waals surface area contributed by atoms with E-state index >= 15 is 0 Å². The van der Waals surface area contributed by atoms with Crippen molar-refractivity contribution in [1.82, 2.24) is 0 Å². The molecule has 0 aliphatic rings. The third kappa shape index (κ3) is 6.58. The Kier molecular flexibility index (Phi) is 5.46. The maximum atomic E-state index is 5.52. The van der Waals surface area contributed by atoms with Crippen LogP contribution >= 0.6 is 0 Å². The Morgan fingerprint density at radius 1 is 1.42 bits per heavy atom. The molecule has 2 N–H and O–H groups in total. The van der Waals surface area contributed by atoms with Crippen LogP contribution < -0.4 is 5.73 Å². The second-order valence-electron chi connectivity index (χ2n) is 3.77. The summed E-state index contributed by atoms with van der Waals surface area (Å²) in [6, 6.07) is 0.121. The van der Waals surface area contributed by atoms with Gasteiger partial charge >= 0.3 is 0 Å². The molecule has 0 amide bonds. The molecule has 0 aliphatic heterocycles. The third-order valence-corrected chi connectivity index (χ3v) is 1.78. The first-order valence-electron chi connectivity index (χ1n) is 4.36. The average Bonchev–Trinajstić information content (AvgIpc) is 1.98. The summed E-state index contributed by atoms with van der Waals surface area (Å²) in [5.41, 5.74) is 5.43. The monoisotopic (exact) mass is 175 g/mol. The van der Waals surface area contributed by atoms with E-state index in [0.29, 0.717) is 13.2 Å². The Labute approximate surface area is 75.2 Å². The summed E-state index contributed by atoms with van der Waals surface area (Å²) in [7, 11) is 1.71. The minimum Gasteiger partial charge on any atom is -0.380 e. The highest BCUT2D eigenvalue weighted by molar-refractivity contribution is 4.66. The molecule has 1 atom stereocenters. The van der Waals surface area contributed by atoms with Crippen molar-refractivity contribution in [2.45, 2.75) is 38.8 Å². The molecule has 0 heterocycles. The fourth-order valence-electron chi connectivity index (χ4n) is 0.689. The second-order valence-corrected chi connectivity index (χ2v) is 3.77. The van der Waals surface area contributed by atoms with Gasteiger partial charge in [0.15, 0.2) is 0 Å². The van der Waals surface area contributed by atoms with Gasteiger partial charge in [-0.1, -0.05) is 0 Å². The van der Waals surface area contributed by atoms with Gasteiger partial charge in [0.05, 0.1) is 12.2 Å². The van der Waals surface area contributed by atoms with Crippen molar-refractivity contribution < 1.29 is 9.47 Å². The van der Waals surface area contributed by atoms with E-state index in [2.05, 4.69) is 0 Å². The highest BCUT2D eigenvalue weighted by atomic mass is 16.5. The molecule has 0 unspecified atom stereocenters. The van der Waals surface area contributed by atoms with Crippen LogP contribution in [-0.4, -0.2) is 32.0 Å². The normalized spacial score (nSPS) is 14.8. The van der Waals surface area contributed by atoms with Gasteiger partial charge in [-0.15, -0.1) is 0 Å². The molecule has 0 rings (SSSR count). The molecule has 0 saturated carbocycles. The Morgan fingerprint density at radius 2 is 2.00 bits per heavy atom. The van der Waals surface area contributed by atoms with E-state index in [1.807, 2.05) is 20.8 Å². The molecular weight excluding hydrogens is 154 g/mol. The van der Waals surface area contributed by atoms with Crippen LogP contribution in [0.15, 0.2) is 0 Å². The molecule has 0 aliphatic carbocycles. The molecule has 12 heavy (non-hydrogen) atoms. The highest BCUT2D eigenvalue weighted by Crippen LogP contribution is 2.12. The summed E-state index contributed by atoms with van der Waals surface area (Å²) in [4.78, 5) is 0. The van der Waals surface area contributed by atoms with Crippen molar-refractivity contribution in [3.8, 4) is 0 Å². The van der Waals surface area contributed by atoms with Gasteiger partial charge in [0.1, 0.15) is 0 Å². The highest BCUT2D eigenvalue weighted by Gasteiger charge is 2.15. The minimum atomic E-state index is -0.0855. The molecule has 0 spiro atoms. The van der Waals surface area contributed by atoms with Gasteiger partial charge in [-0.25, -0.2) is 0 Å². The summed E-state index contributed by atoms with van der Waals surface area (Å²) in [6.07, 6.45) is 0.899. The number of rotatable bonds is 6. The topological polar surface area (TPSA) is 44.5 Å². The smallest absolute Gasteiger partial charge is 0.0644 e. The SMILES string of the molecule is COC(C)(C)CCOC[C@@H](C)N. The number of hydrogen-bond donors (Lipinski definition) is 1. The van der Waals surface area contributed by atoms with E-state index in [9.17, 15) is 0 Å². The van der Waals surface area contributed by atoms with E-state index in [0.717, 1.165) is 6.42 Å². The van der Waals surface area contributed by atoms with Crippen molar-refractivity contribution in [2.75, 3.05) is 20.3 Å². The summed E-state index contributed by atoms with van der Waals surface area (Å²) >= 11 is 0. The number of hydrogen-bond acceptors (Lipinski definition) is 3. The summed E-state index contributed by atoms with van der Waals surface area (Å²) in [5, 5.41) is 0. The standard InChI is InChI=1S/C9H21NO2/c1-8(10)7-12-6-5-9(2,3)11-4/h8H,5-7,10H2,1-4H3/t8-/m1/s1. The molecule has 0 aromatic rings. The van der Waals surface area contributed by atoms with Crippen LogP contribution in [0, 0.1) is 0 Å². The molecule has 0 aromatic carbocycles. The maximum Gasteiger partial charge on any atom is 0.0644 e. The van der Waals surface area contributed by atoms with E-state index in [1.54, 1.807) is 7.11 Å². The predicted molar refractivity (Wildman–Crippen MR) is 50.2 cm³/mol. The Balaban J connectivity index is 3.31. The predicted octanol–water partition coefficient (Wildman–Crippen LogP) is 1.17. The molecule has 0 aromatic heterocycles. The Bertz CT molecular complexity index is 113. The Hall–Kier alpha value is -0.120. The van der Waals surface area contributed by atoms with Crippen LogP contribution in [0.4, 0.5) is 0 Å². The molecule has 0 radical (unpaired) electrons. The van der Waals surface area contributed by atoms with Gasteiger partial charge in [0, 0.05) is 19.8 Å². The molecule has 3 nitrogen and oxygen atoms in total. The third-order valence-electron chi connectivity index (χ3n) is 1.78. The first kappa shape index (κ1) is 11.9. The zero-order valence-corrected chi connectivity index (χ0v) is 8.59. The van der Waals surface area contributed by atoms with Crippen LogP contribution in [0.25, 0.3) is 0 Å². The van der Waals surface area contributed by atoms with Crippen LogP contribution in [0.5, 0.6) is 0 Å². The quantitative estimate of drug-likeness (QED) is 0.616. The molecule has 0 saturated heterocycles. The van der Waals surface area contributed by atoms with Gasteiger partial charge in [0.25, 0.3) is 0 Å². The molecular formula is C9H21NO2. The van der Waals surface area contributed by atoms with Crippen molar-refractivity contribution in [3.63, 3.8) is 0 Å². The van der Waals surface area contributed by atoms with Crippen molar-refractivity contribution in [1.29, 1.82) is 0 Å². The lowest BCUT2D eigenvalue weighted by molar-refractivity contribution is -0.0109. The average molecular weight is 175 g/mol. The zero-order valence-electron chi connectivity index (χ0n) is 8.59. The van der Waals surface area contributed by atoms with Crippen LogP contribution in [0.2, 0.25) is 0 Å². The number of nitrogens with two attached hydrogens (primary N) is 1.